The van der Waals surface area contributed by atoms with Crippen molar-refractivity contribution in [3.05, 3.63) is 35.4 Å². The number of rotatable bonds is 12. The minimum absolute atomic E-state index is 0.0193. The summed E-state index contributed by atoms with van der Waals surface area (Å²) < 4.78 is 39.8. The van der Waals surface area contributed by atoms with E-state index in [4.69, 9.17) is 5.11 Å². The zero-order valence-corrected chi connectivity index (χ0v) is 21.5. The van der Waals surface area contributed by atoms with Gasteiger partial charge in [-0.1, -0.05) is 6.92 Å². The fourth-order valence-electron chi connectivity index (χ4n) is 4.02. The smallest absolute Gasteiger partial charge is 0.452 e. The molecule has 0 radical (unpaired) electrons. The minimum Gasteiger partial charge on any atom is -0.481 e. The number of Topliss-reactive ketones (excluding diaryl/α,β-unsaturated/α-hetero) is 1. The topological polar surface area (TPSA) is 162 Å². The number of ketones is 1. The van der Waals surface area contributed by atoms with E-state index in [2.05, 4.69) is 16.0 Å². The van der Waals surface area contributed by atoms with Gasteiger partial charge in [-0.25, -0.2) is 0 Å². The SMILES string of the molecule is CCC(C(=O)C(F)(F)F)N(C(=O)[C@H](C)NC(=O)c1ccc(C(=O)NCCCC(=O)O)cc1)C(=O)[C@@H]1CCCN1. The van der Waals surface area contributed by atoms with Crippen molar-refractivity contribution in [1.82, 2.24) is 20.9 Å². The lowest BCUT2D eigenvalue weighted by atomic mass is 10.0. The lowest BCUT2D eigenvalue weighted by Crippen LogP contribution is -2.60. The number of amides is 4. The third-order valence-corrected chi connectivity index (χ3v) is 6.09. The maximum Gasteiger partial charge on any atom is 0.452 e. The summed E-state index contributed by atoms with van der Waals surface area (Å²) in [5.74, 6) is -6.66. The van der Waals surface area contributed by atoms with Crippen LogP contribution in [0.1, 0.15) is 66.7 Å². The van der Waals surface area contributed by atoms with Gasteiger partial charge in [-0.15, -0.1) is 0 Å². The summed E-state index contributed by atoms with van der Waals surface area (Å²) in [5, 5.41) is 16.3. The molecule has 2 rings (SSSR count). The van der Waals surface area contributed by atoms with Gasteiger partial charge in [-0.05, 0) is 63.4 Å². The average Bonchev–Trinajstić information content (AvgIpc) is 3.43. The van der Waals surface area contributed by atoms with E-state index in [1.165, 1.54) is 38.1 Å². The first-order valence-electron chi connectivity index (χ1n) is 12.4. The van der Waals surface area contributed by atoms with Crippen molar-refractivity contribution in [2.75, 3.05) is 13.1 Å². The molecule has 1 fully saturated rings. The van der Waals surface area contributed by atoms with Gasteiger partial charge < -0.3 is 21.1 Å². The monoisotopic (exact) mass is 556 g/mol. The van der Waals surface area contributed by atoms with E-state index in [0.717, 1.165) is 0 Å². The molecule has 0 saturated carbocycles. The fourth-order valence-corrected chi connectivity index (χ4v) is 4.02. The minimum atomic E-state index is -5.28. The fraction of sp³-hybridized carbons (Fsp3) is 0.520. The Hall–Kier alpha value is -3.81. The second-order valence-electron chi connectivity index (χ2n) is 9.01. The largest absolute Gasteiger partial charge is 0.481 e. The predicted octanol–water partition coefficient (Wildman–Crippen LogP) is 1.42. The molecule has 214 valence electrons. The van der Waals surface area contributed by atoms with Crippen LogP contribution < -0.4 is 16.0 Å². The number of alkyl halides is 3. The van der Waals surface area contributed by atoms with E-state index in [1.54, 1.807) is 0 Å². The number of hydrogen-bond acceptors (Lipinski definition) is 7. The second kappa shape index (κ2) is 13.8. The molecular weight excluding hydrogens is 525 g/mol. The quantitative estimate of drug-likeness (QED) is 0.281. The highest BCUT2D eigenvalue weighted by molar-refractivity contribution is 6.07. The highest BCUT2D eigenvalue weighted by Gasteiger charge is 2.49. The number of carboxylic acids is 1. The number of halogens is 3. The third-order valence-electron chi connectivity index (χ3n) is 6.09. The molecule has 4 N–H and O–H groups in total. The van der Waals surface area contributed by atoms with Gasteiger partial charge in [0.1, 0.15) is 12.1 Å². The molecule has 1 saturated heterocycles. The van der Waals surface area contributed by atoms with E-state index in [1.807, 2.05) is 0 Å². The number of nitrogens with zero attached hydrogens (tertiary/aromatic N) is 1. The van der Waals surface area contributed by atoms with Crippen LogP contribution in [0.2, 0.25) is 0 Å². The van der Waals surface area contributed by atoms with Gasteiger partial charge in [0, 0.05) is 24.1 Å². The van der Waals surface area contributed by atoms with Crippen LogP contribution in [0, 0.1) is 0 Å². The van der Waals surface area contributed by atoms with Crippen LogP contribution in [0.5, 0.6) is 0 Å². The first kappa shape index (κ1) is 31.4. The van der Waals surface area contributed by atoms with Crippen molar-refractivity contribution < 1.29 is 47.0 Å². The molecule has 39 heavy (non-hydrogen) atoms. The molecule has 1 aromatic rings. The molecule has 0 aliphatic carbocycles. The van der Waals surface area contributed by atoms with Gasteiger partial charge in [0.15, 0.2) is 0 Å². The van der Waals surface area contributed by atoms with Crippen molar-refractivity contribution in [3.63, 3.8) is 0 Å². The number of carbonyl (C=O) groups is 6. The van der Waals surface area contributed by atoms with Gasteiger partial charge >= 0.3 is 12.1 Å². The summed E-state index contributed by atoms with van der Waals surface area (Å²) in [6.07, 6.45) is -4.79. The molecule has 11 nitrogen and oxygen atoms in total. The Balaban J connectivity index is 2.14. The summed E-state index contributed by atoms with van der Waals surface area (Å²) in [6, 6.07) is 0.734. The number of imide groups is 1. The van der Waals surface area contributed by atoms with E-state index in [9.17, 15) is 41.9 Å². The van der Waals surface area contributed by atoms with Gasteiger partial charge in [-0.3, -0.25) is 33.7 Å². The van der Waals surface area contributed by atoms with Crippen molar-refractivity contribution in [3.8, 4) is 0 Å². The van der Waals surface area contributed by atoms with Crippen molar-refractivity contribution in [1.29, 1.82) is 0 Å². The lowest BCUT2D eigenvalue weighted by Gasteiger charge is -2.33. The van der Waals surface area contributed by atoms with Crippen molar-refractivity contribution in [2.45, 2.75) is 70.3 Å². The van der Waals surface area contributed by atoms with Gasteiger partial charge in [-0.2, -0.15) is 13.2 Å². The zero-order valence-electron chi connectivity index (χ0n) is 21.5. The summed E-state index contributed by atoms with van der Waals surface area (Å²) >= 11 is 0. The van der Waals surface area contributed by atoms with Gasteiger partial charge in [0.2, 0.25) is 5.91 Å². The van der Waals surface area contributed by atoms with Crippen LogP contribution in [-0.4, -0.2) is 82.8 Å². The summed E-state index contributed by atoms with van der Waals surface area (Å²) in [5.41, 5.74) is 0.203. The van der Waals surface area contributed by atoms with Crippen molar-refractivity contribution in [2.24, 2.45) is 0 Å². The Morgan fingerprint density at radius 2 is 1.67 bits per heavy atom. The van der Waals surface area contributed by atoms with E-state index >= 15 is 0 Å². The Bertz CT molecular complexity index is 1090. The standard InChI is InChI=1S/C25H31F3N4O7/c1-3-18(20(35)25(26,27)28)32(24(39)17-6-4-12-29-17)23(38)14(2)31-22(37)16-10-8-15(9-11-16)21(36)30-13-5-7-19(33)34/h8-11,14,17-18,29H,3-7,12-13H2,1-2H3,(H,30,36)(H,31,37)(H,33,34)/t14-,17-,18?/m0/s1. The van der Waals surface area contributed by atoms with Gasteiger partial charge in [0.05, 0.1) is 6.04 Å². The highest BCUT2D eigenvalue weighted by Crippen LogP contribution is 2.24. The summed E-state index contributed by atoms with van der Waals surface area (Å²) in [4.78, 5) is 74.0. The molecule has 0 bridgehead atoms. The van der Waals surface area contributed by atoms with E-state index in [0.29, 0.717) is 17.9 Å². The third kappa shape index (κ3) is 8.60. The molecule has 1 aliphatic rings. The second-order valence-corrected chi connectivity index (χ2v) is 9.01. The number of aliphatic carboxylic acids is 1. The molecule has 0 spiro atoms. The zero-order chi connectivity index (χ0) is 29.3. The predicted molar refractivity (Wildman–Crippen MR) is 131 cm³/mol. The molecule has 1 aromatic carbocycles. The summed E-state index contributed by atoms with van der Waals surface area (Å²) in [7, 11) is 0. The number of carbonyl (C=O) groups excluding carboxylic acids is 5. The molecule has 1 heterocycles. The first-order valence-corrected chi connectivity index (χ1v) is 12.4. The lowest BCUT2D eigenvalue weighted by molar-refractivity contribution is -0.180. The Kier molecular flexibility index (Phi) is 11.1. The van der Waals surface area contributed by atoms with E-state index < -0.39 is 66.1 Å². The van der Waals surface area contributed by atoms with Crippen LogP contribution in [0.4, 0.5) is 13.2 Å². The molecule has 1 unspecified atom stereocenters. The van der Waals surface area contributed by atoms with Crippen LogP contribution in [0.3, 0.4) is 0 Å². The Labute approximate surface area is 222 Å². The molecule has 14 heteroatoms. The van der Waals surface area contributed by atoms with Crippen LogP contribution in [-0.2, 0) is 19.2 Å². The maximum atomic E-state index is 13.3. The Morgan fingerprint density at radius 3 is 2.15 bits per heavy atom. The van der Waals surface area contributed by atoms with Crippen molar-refractivity contribution >= 4 is 35.4 Å². The van der Waals surface area contributed by atoms with Crippen LogP contribution >= 0.6 is 0 Å². The number of nitrogens with one attached hydrogen (secondary N) is 3. The molecule has 1 aliphatic heterocycles. The first-order chi connectivity index (χ1) is 18.3. The number of carboxylic acid groups (broad SMARTS) is 1. The average molecular weight is 557 g/mol. The van der Waals surface area contributed by atoms with Crippen LogP contribution in [0.15, 0.2) is 24.3 Å². The molecule has 0 aromatic heterocycles. The summed E-state index contributed by atoms with van der Waals surface area (Å²) in [6.45, 7) is 2.99. The van der Waals surface area contributed by atoms with E-state index in [-0.39, 0.29) is 36.9 Å². The molecule has 3 atom stereocenters. The van der Waals surface area contributed by atoms with Gasteiger partial charge in [0.25, 0.3) is 23.5 Å². The highest BCUT2D eigenvalue weighted by atomic mass is 19.4. The molecule has 4 amide bonds. The number of hydrogen-bond donors (Lipinski definition) is 4. The van der Waals surface area contributed by atoms with Crippen LogP contribution in [0.25, 0.3) is 0 Å². The maximum absolute atomic E-state index is 13.3. The number of benzene rings is 1. The Morgan fingerprint density at radius 1 is 1.08 bits per heavy atom. The molecular formula is C25H31F3N4O7. The normalized spacial score (nSPS) is 16.6.